The molecule has 0 aromatic heterocycles. The van der Waals surface area contributed by atoms with Crippen molar-refractivity contribution in [3.63, 3.8) is 0 Å². The summed E-state index contributed by atoms with van der Waals surface area (Å²) in [4.78, 5) is 32.4. The molecule has 3 aromatic carbocycles. The summed E-state index contributed by atoms with van der Waals surface area (Å²) >= 11 is 0. The standard InChI is InChI=1S/C37H42N2O4Si/c1-24-20-28-31(23-27(24)34(40)42-36(2,3)4)37(43-35(28)41)29-12-10-25(38-14-8-15-38)21-32(29)44(18-6-5-7-19-44)33-22-26(11-13-30(33)37)39-16-9-17-39/h10-13,20-23H,5-9,14-19H2,1-4H3. The molecule has 8 rings (SSSR count). The number of carbonyl (C=O) groups is 2. The quantitative estimate of drug-likeness (QED) is 0.274. The molecule has 6 nitrogen and oxygen atoms in total. The summed E-state index contributed by atoms with van der Waals surface area (Å²) in [6, 6.07) is 20.1. The molecule has 3 aromatic rings. The van der Waals surface area contributed by atoms with E-state index >= 15 is 0 Å². The first kappa shape index (κ1) is 27.9. The number of anilines is 2. The molecule has 3 saturated heterocycles. The van der Waals surface area contributed by atoms with Gasteiger partial charge in [0.2, 0.25) is 0 Å². The van der Waals surface area contributed by atoms with Crippen LogP contribution < -0.4 is 20.2 Å². The van der Waals surface area contributed by atoms with Crippen molar-refractivity contribution in [3.8, 4) is 0 Å². The van der Waals surface area contributed by atoms with Crippen LogP contribution in [-0.2, 0) is 15.1 Å². The van der Waals surface area contributed by atoms with Crippen molar-refractivity contribution in [2.45, 2.75) is 83.1 Å². The van der Waals surface area contributed by atoms with Crippen LogP contribution in [0.15, 0.2) is 48.5 Å². The van der Waals surface area contributed by atoms with Crippen molar-refractivity contribution in [1.29, 1.82) is 0 Å². The van der Waals surface area contributed by atoms with E-state index in [4.69, 9.17) is 9.47 Å². The Morgan fingerprint density at radius 1 is 0.795 bits per heavy atom. The van der Waals surface area contributed by atoms with Crippen molar-refractivity contribution in [2.75, 3.05) is 36.0 Å². The summed E-state index contributed by atoms with van der Waals surface area (Å²) in [5.74, 6) is -0.696. The minimum absolute atomic E-state index is 0.323. The van der Waals surface area contributed by atoms with Gasteiger partial charge in [0.05, 0.1) is 11.1 Å². The fraction of sp³-hybridized carbons (Fsp3) is 0.459. The molecule has 0 radical (unpaired) electrons. The van der Waals surface area contributed by atoms with Gasteiger partial charge in [0.1, 0.15) is 13.7 Å². The smallest absolute Gasteiger partial charge is 0.340 e. The molecule has 5 heterocycles. The molecular weight excluding hydrogens is 565 g/mol. The Morgan fingerprint density at radius 2 is 1.36 bits per heavy atom. The van der Waals surface area contributed by atoms with Crippen LogP contribution >= 0.6 is 0 Å². The fourth-order valence-corrected chi connectivity index (χ4v) is 14.1. The van der Waals surface area contributed by atoms with Gasteiger partial charge in [0.15, 0.2) is 5.60 Å². The third kappa shape index (κ3) is 3.97. The number of hydrogen-bond donors (Lipinski definition) is 0. The second kappa shape index (κ2) is 9.71. The lowest BCUT2D eigenvalue weighted by Gasteiger charge is -2.49. The molecule has 7 heteroatoms. The third-order valence-corrected chi connectivity index (χ3v) is 16.1. The van der Waals surface area contributed by atoms with Crippen LogP contribution in [0.1, 0.15) is 95.8 Å². The average molecular weight is 607 g/mol. The van der Waals surface area contributed by atoms with Gasteiger partial charge < -0.3 is 19.3 Å². The highest BCUT2D eigenvalue weighted by atomic mass is 28.3. The molecule has 0 bridgehead atoms. The zero-order chi connectivity index (χ0) is 30.4. The minimum Gasteiger partial charge on any atom is -0.456 e. The predicted molar refractivity (Wildman–Crippen MR) is 177 cm³/mol. The number of ether oxygens (including phenoxy) is 2. The zero-order valence-electron chi connectivity index (χ0n) is 26.4. The summed E-state index contributed by atoms with van der Waals surface area (Å²) in [5.41, 5.74) is 5.58. The number of fused-ring (bicyclic) bond motifs is 8. The molecule has 0 amide bonds. The Kier molecular flexibility index (Phi) is 6.16. The lowest BCUT2D eigenvalue weighted by molar-refractivity contribution is 0.00684. The number of nitrogens with zero attached hydrogens (tertiary/aromatic N) is 2. The predicted octanol–water partition coefficient (Wildman–Crippen LogP) is 5.89. The number of rotatable bonds is 3. The van der Waals surface area contributed by atoms with Crippen molar-refractivity contribution in [3.05, 3.63) is 81.9 Å². The molecule has 2 spiro atoms. The van der Waals surface area contributed by atoms with Crippen LogP contribution in [0.3, 0.4) is 0 Å². The van der Waals surface area contributed by atoms with Crippen LogP contribution in [0.25, 0.3) is 0 Å². The molecule has 5 aliphatic heterocycles. The van der Waals surface area contributed by atoms with Gasteiger partial charge in [-0.2, -0.15) is 0 Å². The van der Waals surface area contributed by atoms with Gasteiger partial charge in [-0.1, -0.05) is 31.4 Å². The van der Waals surface area contributed by atoms with Gasteiger partial charge in [0.25, 0.3) is 0 Å². The summed E-state index contributed by atoms with van der Waals surface area (Å²) in [7, 11) is -2.19. The van der Waals surface area contributed by atoms with Gasteiger partial charge in [-0.15, -0.1) is 0 Å². The van der Waals surface area contributed by atoms with Crippen LogP contribution in [0, 0.1) is 6.92 Å². The van der Waals surface area contributed by atoms with Crippen molar-refractivity contribution >= 4 is 41.8 Å². The van der Waals surface area contributed by atoms with Crippen LogP contribution in [0.4, 0.5) is 11.4 Å². The largest absolute Gasteiger partial charge is 0.456 e. The lowest BCUT2D eigenvalue weighted by Crippen LogP contribution is -2.67. The van der Waals surface area contributed by atoms with Crippen molar-refractivity contribution in [1.82, 2.24) is 0 Å². The summed E-state index contributed by atoms with van der Waals surface area (Å²) < 4.78 is 12.6. The number of esters is 2. The van der Waals surface area contributed by atoms with Crippen molar-refractivity contribution < 1.29 is 19.1 Å². The average Bonchev–Trinajstić information content (AvgIpc) is 3.21. The molecule has 228 valence electrons. The monoisotopic (exact) mass is 606 g/mol. The molecule has 0 aliphatic carbocycles. The second-order valence-electron chi connectivity index (χ2n) is 14.6. The normalized spacial score (nSPS) is 20.8. The highest BCUT2D eigenvalue weighted by molar-refractivity contribution is 7.03. The maximum Gasteiger partial charge on any atom is 0.340 e. The number of aryl methyl sites for hydroxylation is 1. The number of carbonyl (C=O) groups excluding carboxylic acids is 2. The topological polar surface area (TPSA) is 59.1 Å². The maximum atomic E-state index is 13.9. The first-order valence-corrected chi connectivity index (χ1v) is 18.9. The molecule has 0 saturated carbocycles. The minimum atomic E-state index is -2.19. The number of hydrogen-bond acceptors (Lipinski definition) is 6. The third-order valence-electron chi connectivity index (χ3n) is 10.8. The van der Waals surface area contributed by atoms with Gasteiger partial charge in [-0.25, -0.2) is 9.59 Å². The van der Waals surface area contributed by atoms with Gasteiger partial charge in [-0.05, 0) is 105 Å². The van der Waals surface area contributed by atoms with E-state index in [1.807, 2.05) is 39.8 Å². The lowest BCUT2D eigenvalue weighted by atomic mass is 9.78. The molecule has 0 unspecified atom stereocenters. The first-order chi connectivity index (χ1) is 21.1. The fourth-order valence-electron chi connectivity index (χ4n) is 8.37. The Labute approximate surface area is 261 Å². The van der Waals surface area contributed by atoms with E-state index in [0.29, 0.717) is 11.1 Å². The zero-order valence-corrected chi connectivity index (χ0v) is 27.4. The van der Waals surface area contributed by atoms with Gasteiger partial charge in [-0.3, -0.25) is 0 Å². The Morgan fingerprint density at radius 3 is 1.86 bits per heavy atom. The van der Waals surface area contributed by atoms with Gasteiger partial charge in [0, 0.05) is 54.2 Å². The summed E-state index contributed by atoms with van der Waals surface area (Å²) in [5, 5.41) is 2.85. The summed E-state index contributed by atoms with van der Waals surface area (Å²) in [6.45, 7) is 11.9. The number of benzene rings is 3. The van der Waals surface area contributed by atoms with E-state index in [9.17, 15) is 9.59 Å². The molecule has 0 atom stereocenters. The summed E-state index contributed by atoms with van der Waals surface area (Å²) in [6.07, 6.45) is 6.20. The van der Waals surface area contributed by atoms with E-state index in [1.165, 1.54) is 65.9 Å². The van der Waals surface area contributed by atoms with E-state index in [2.05, 4.69) is 46.2 Å². The van der Waals surface area contributed by atoms with E-state index in [1.54, 1.807) is 0 Å². The van der Waals surface area contributed by atoms with E-state index < -0.39 is 19.3 Å². The molecule has 5 aliphatic rings. The Hall–Kier alpha value is -3.58. The van der Waals surface area contributed by atoms with Crippen LogP contribution in [0.2, 0.25) is 12.1 Å². The van der Waals surface area contributed by atoms with E-state index in [0.717, 1.165) is 48.4 Å². The molecule has 3 fully saturated rings. The Bertz CT molecular complexity index is 1640. The van der Waals surface area contributed by atoms with Crippen LogP contribution in [-0.4, -0.2) is 51.8 Å². The second-order valence-corrected chi connectivity index (χ2v) is 18.8. The first-order valence-electron chi connectivity index (χ1n) is 16.5. The SMILES string of the molecule is Cc1cc2c(cc1C(=O)OC(C)(C)C)C1(OC2=O)c2ccc(N3CCC3)cc2[Si]2(CCCCC2)c2cc(N3CCC3)ccc21. The van der Waals surface area contributed by atoms with Gasteiger partial charge >= 0.3 is 11.9 Å². The maximum absolute atomic E-state index is 13.9. The molecule has 0 N–H and O–H groups in total. The van der Waals surface area contributed by atoms with Crippen LogP contribution in [0.5, 0.6) is 0 Å². The molecular formula is C37H42N2O4Si. The van der Waals surface area contributed by atoms with Crippen molar-refractivity contribution in [2.24, 2.45) is 0 Å². The molecule has 44 heavy (non-hydrogen) atoms. The highest BCUT2D eigenvalue weighted by Crippen LogP contribution is 2.52. The van der Waals surface area contributed by atoms with E-state index in [-0.39, 0.29) is 11.9 Å². The highest BCUT2D eigenvalue weighted by Gasteiger charge is 2.59. The Balaban J connectivity index is 1.41.